The zero-order valence-corrected chi connectivity index (χ0v) is 7.06. The predicted molar refractivity (Wildman–Crippen MR) is 42.8 cm³/mol. The van der Waals surface area contributed by atoms with Crippen molar-refractivity contribution in [2.45, 2.75) is 39.5 Å². The molecule has 0 amide bonds. The van der Waals surface area contributed by atoms with E-state index in [0.29, 0.717) is 0 Å². The van der Waals surface area contributed by atoms with E-state index in [-0.39, 0.29) is 1.43 Å². The molecule has 0 saturated heterocycles. The van der Waals surface area contributed by atoms with E-state index in [1.165, 1.54) is 0 Å². The van der Waals surface area contributed by atoms with Crippen molar-refractivity contribution in [3.05, 3.63) is 0 Å². The lowest BCUT2D eigenvalue weighted by Crippen LogP contribution is -1.97. The highest BCUT2D eigenvalue weighted by Gasteiger charge is 1.86. The van der Waals surface area contributed by atoms with Gasteiger partial charge < -0.3 is 0 Å². The van der Waals surface area contributed by atoms with Crippen LogP contribution >= 0.6 is 0 Å². The first-order valence-corrected chi connectivity index (χ1v) is 4.16. The molecule has 0 aliphatic rings. The average molecular weight is 147 g/mol. The molecule has 0 fully saturated rings. The molecular weight excluding hydrogens is 128 g/mol. The van der Waals surface area contributed by atoms with Crippen LogP contribution in [0.1, 0.15) is 41.0 Å². The lowest BCUT2D eigenvalue weighted by atomic mass is 10.4. The summed E-state index contributed by atoms with van der Waals surface area (Å²) in [6.07, 6.45) is 4.51. The quantitative estimate of drug-likeness (QED) is 0.313. The first kappa shape index (κ1) is 9.92. The minimum atomic E-state index is 0. The van der Waals surface area contributed by atoms with Crippen LogP contribution in [0.2, 0.25) is 0 Å². The van der Waals surface area contributed by atoms with Crippen LogP contribution in [-0.2, 0) is 9.78 Å². The molecule has 10 heavy (non-hydrogen) atoms. The Bertz CT molecular complexity index is 52.1. The smallest absolute Gasteiger partial charge is 0.237 e. The number of hydrogen-bond donors (Lipinski definition) is 0. The summed E-state index contributed by atoms with van der Waals surface area (Å²) in [5.41, 5.74) is 0. The second-order valence-electron chi connectivity index (χ2n) is 2.35. The highest BCUT2D eigenvalue weighted by atomic mass is 17.2. The SMILES string of the molecule is CCCCOOCCCC.[H+]. The summed E-state index contributed by atoms with van der Waals surface area (Å²) in [4.78, 5) is 9.75. The monoisotopic (exact) mass is 147 g/mol. The Morgan fingerprint density at radius 2 is 1.30 bits per heavy atom. The van der Waals surface area contributed by atoms with Gasteiger partial charge in [0.05, 0.1) is 13.2 Å². The summed E-state index contributed by atoms with van der Waals surface area (Å²) >= 11 is 0. The van der Waals surface area contributed by atoms with Crippen LogP contribution in [0, 0.1) is 0 Å². The van der Waals surface area contributed by atoms with E-state index in [1.54, 1.807) is 0 Å². The highest BCUT2D eigenvalue weighted by molar-refractivity contribution is 4.28. The lowest BCUT2D eigenvalue weighted by Gasteiger charge is -2.00. The Kier molecular flexibility index (Phi) is 8.85. The van der Waals surface area contributed by atoms with Crippen molar-refractivity contribution in [2.75, 3.05) is 13.2 Å². The standard InChI is InChI=1S/C8H18O2/c1-3-5-7-9-10-8-6-4-2/h3-8H2,1-2H3/p+1. The summed E-state index contributed by atoms with van der Waals surface area (Å²) in [7, 11) is 0. The van der Waals surface area contributed by atoms with Crippen molar-refractivity contribution < 1.29 is 11.2 Å². The molecule has 0 radical (unpaired) electrons. The Hall–Kier alpha value is -0.0800. The average Bonchev–Trinajstić information content (AvgIpc) is 1.97. The highest BCUT2D eigenvalue weighted by Crippen LogP contribution is 1.91. The van der Waals surface area contributed by atoms with Crippen LogP contribution in [0.5, 0.6) is 0 Å². The van der Waals surface area contributed by atoms with Gasteiger partial charge in [0.2, 0.25) is 0 Å². The molecule has 0 N–H and O–H groups in total. The Balaban J connectivity index is 0. The number of hydrogen-bond acceptors (Lipinski definition) is 2. The molecule has 0 aliphatic carbocycles. The minimum Gasteiger partial charge on any atom is -0.237 e. The molecule has 0 aliphatic heterocycles. The minimum absolute atomic E-state index is 0. The van der Waals surface area contributed by atoms with Crippen molar-refractivity contribution in [3.8, 4) is 0 Å². The molecule has 0 aromatic heterocycles. The molecular formula is C8H19O2+. The molecule has 0 rings (SSSR count). The van der Waals surface area contributed by atoms with Crippen LogP contribution in [0.3, 0.4) is 0 Å². The molecule has 0 heterocycles. The van der Waals surface area contributed by atoms with E-state index in [2.05, 4.69) is 13.8 Å². The van der Waals surface area contributed by atoms with E-state index in [0.717, 1.165) is 38.9 Å². The number of unbranched alkanes of at least 4 members (excludes halogenated alkanes) is 2. The first-order chi connectivity index (χ1) is 4.91. The zero-order chi connectivity index (χ0) is 7.66. The van der Waals surface area contributed by atoms with Crippen LogP contribution < -0.4 is 0 Å². The molecule has 62 valence electrons. The Morgan fingerprint density at radius 1 is 0.900 bits per heavy atom. The summed E-state index contributed by atoms with van der Waals surface area (Å²) in [6, 6.07) is 0. The van der Waals surface area contributed by atoms with Gasteiger partial charge in [0.25, 0.3) is 0 Å². The Morgan fingerprint density at radius 3 is 1.60 bits per heavy atom. The molecule has 0 bridgehead atoms. The van der Waals surface area contributed by atoms with Gasteiger partial charge in [-0.3, -0.25) is 0 Å². The van der Waals surface area contributed by atoms with E-state index < -0.39 is 0 Å². The maximum absolute atomic E-state index is 4.88. The van der Waals surface area contributed by atoms with E-state index in [1.807, 2.05) is 0 Å². The maximum atomic E-state index is 4.88. The second kappa shape index (κ2) is 8.92. The van der Waals surface area contributed by atoms with E-state index in [9.17, 15) is 0 Å². The van der Waals surface area contributed by atoms with E-state index >= 15 is 0 Å². The van der Waals surface area contributed by atoms with Gasteiger partial charge >= 0.3 is 1.43 Å². The van der Waals surface area contributed by atoms with Gasteiger partial charge in [0, 0.05) is 0 Å². The molecule has 0 saturated carbocycles. The van der Waals surface area contributed by atoms with Crippen LogP contribution in [-0.4, -0.2) is 13.2 Å². The normalized spacial score (nSPS) is 10.2. The summed E-state index contributed by atoms with van der Waals surface area (Å²) in [5, 5.41) is 0. The molecule has 2 heteroatoms. The summed E-state index contributed by atoms with van der Waals surface area (Å²) < 4.78 is 0. The second-order valence-corrected chi connectivity index (χ2v) is 2.35. The van der Waals surface area contributed by atoms with Crippen molar-refractivity contribution in [1.29, 1.82) is 0 Å². The molecule has 0 unspecified atom stereocenters. The molecule has 2 nitrogen and oxygen atoms in total. The van der Waals surface area contributed by atoms with Gasteiger partial charge in [-0.15, -0.1) is 0 Å². The third-order valence-corrected chi connectivity index (χ3v) is 1.25. The molecule has 0 aromatic rings. The lowest BCUT2D eigenvalue weighted by molar-refractivity contribution is -0.295. The van der Waals surface area contributed by atoms with Crippen molar-refractivity contribution >= 4 is 0 Å². The van der Waals surface area contributed by atoms with Crippen LogP contribution in [0.4, 0.5) is 0 Å². The van der Waals surface area contributed by atoms with Gasteiger partial charge in [-0.2, -0.15) is 0 Å². The van der Waals surface area contributed by atoms with Gasteiger partial charge in [-0.05, 0) is 12.8 Å². The topological polar surface area (TPSA) is 18.5 Å². The van der Waals surface area contributed by atoms with Crippen molar-refractivity contribution in [3.63, 3.8) is 0 Å². The van der Waals surface area contributed by atoms with Crippen LogP contribution in [0.15, 0.2) is 0 Å². The summed E-state index contributed by atoms with van der Waals surface area (Å²) in [6.45, 7) is 5.74. The fraction of sp³-hybridized carbons (Fsp3) is 1.00. The third kappa shape index (κ3) is 7.92. The van der Waals surface area contributed by atoms with Crippen LogP contribution in [0.25, 0.3) is 0 Å². The van der Waals surface area contributed by atoms with Crippen molar-refractivity contribution in [1.82, 2.24) is 0 Å². The number of rotatable bonds is 7. The largest absolute Gasteiger partial charge is 1.00 e. The van der Waals surface area contributed by atoms with Gasteiger partial charge in [0.1, 0.15) is 0 Å². The molecule has 0 atom stereocenters. The van der Waals surface area contributed by atoms with E-state index in [4.69, 9.17) is 9.78 Å². The first-order valence-electron chi connectivity index (χ1n) is 4.16. The predicted octanol–water partition coefficient (Wildman–Crippen LogP) is 2.65. The molecule has 0 aromatic carbocycles. The zero-order valence-electron chi connectivity index (χ0n) is 8.06. The Labute approximate surface area is 64.9 Å². The van der Waals surface area contributed by atoms with Gasteiger partial charge in [0.15, 0.2) is 0 Å². The maximum Gasteiger partial charge on any atom is 1.00 e. The third-order valence-electron chi connectivity index (χ3n) is 1.25. The summed E-state index contributed by atoms with van der Waals surface area (Å²) in [5.74, 6) is 0. The fourth-order valence-electron chi connectivity index (χ4n) is 0.524. The fourth-order valence-corrected chi connectivity index (χ4v) is 0.524. The van der Waals surface area contributed by atoms with Gasteiger partial charge in [-0.25, -0.2) is 9.78 Å². The van der Waals surface area contributed by atoms with Crippen molar-refractivity contribution in [2.24, 2.45) is 0 Å². The molecule has 0 spiro atoms. The van der Waals surface area contributed by atoms with Gasteiger partial charge in [-0.1, -0.05) is 26.7 Å².